The molecule has 3 aromatic carbocycles. The molecule has 0 spiro atoms. The summed E-state index contributed by atoms with van der Waals surface area (Å²) in [7, 11) is 0. The fraction of sp³-hybridized carbons (Fsp3) is 0.231. The highest BCUT2D eigenvalue weighted by molar-refractivity contribution is 5.94. The minimum Gasteiger partial charge on any atom is -0.457 e. The number of fused-ring (bicyclic) bond motifs is 2. The number of ether oxygens (including phenoxy) is 1. The van der Waals surface area contributed by atoms with E-state index in [2.05, 4.69) is 0 Å². The van der Waals surface area contributed by atoms with Gasteiger partial charge in [0.1, 0.15) is 17.3 Å². The van der Waals surface area contributed by atoms with Gasteiger partial charge in [0.05, 0.1) is 11.5 Å². The van der Waals surface area contributed by atoms with Crippen LogP contribution in [0.1, 0.15) is 33.8 Å². The molecule has 0 radical (unpaired) electrons. The molecule has 2 amide bonds. The summed E-state index contributed by atoms with van der Waals surface area (Å²) >= 11 is 0. The molecule has 6 heteroatoms. The van der Waals surface area contributed by atoms with Gasteiger partial charge < -0.3 is 14.5 Å². The summed E-state index contributed by atoms with van der Waals surface area (Å²) in [6.07, 6.45) is 0.637. The van der Waals surface area contributed by atoms with Gasteiger partial charge in [0.25, 0.3) is 5.91 Å². The molecule has 5 nitrogen and oxygen atoms in total. The van der Waals surface area contributed by atoms with Crippen LogP contribution in [0.2, 0.25) is 0 Å². The number of amides is 2. The zero-order valence-corrected chi connectivity index (χ0v) is 17.5. The second-order valence-electron chi connectivity index (χ2n) is 8.06. The van der Waals surface area contributed by atoms with Gasteiger partial charge in [-0.15, -0.1) is 0 Å². The van der Waals surface area contributed by atoms with Crippen LogP contribution in [-0.4, -0.2) is 47.8 Å². The maximum atomic E-state index is 14.1. The molecule has 1 saturated heterocycles. The molecule has 0 bridgehead atoms. The highest BCUT2D eigenvalue weighted by Gasteiger charge is 2.36. The quantitative estimate of drug-likeness (QED) is 0.604. The molecule has 1 fully saturated rings. The van der Waals surface area contributed by atoms with Crippen molar-refractivity contribution in [2.75, 3.05) is 26.2 Å². The maximum absolute atomic E-state index is 14.1. The lowest BCUT2D eigenvalue weighted by Gasteiger charge is -2.31. The van der Waals surface area contributed by atoms with E-state index < -0.39 is 11.7 Å². The van der Waals surface area contributed by atoms with Gasteiger partial charge in [-0.05, 0) is 30.7 Å². The van der Waals surface area contributed by atoms with Gasteiger partial charge in [-0.1, -0.05) is 48.5 Å². The lowest BCUT2D eigenvalue weighted by atomic mass is 9.87. The van der Waals surface area contributed by atoms with E-state index in [0.717, 1.165) is 11.1 Å². The van der Waals surface area contributed by atoms with Crippen LogP contribution in [0.5, 0.6) is 11.5 Å². The van der Waals surface area contributed by atoms with Crippen molar-refractivity contribution < 1.29 is 18.7 Å². The van der Waals surface area contributed by atoms with Gasteiger partial charge >= 0.3 is 0 Å². The molecule has 2 aliphatic rings. The number of benzene rings is 3. The number of rotatable bonds is 2. The SMILES string of the molecule is O=C(c1ccccc1F)N1CCCN(C(=O)C2c3ccccc3Oc3ccccc32)CC1. The van der Waals surface area contributed by atoms with E-state index in [1.165, 1.54) is 12.1 Å². The first kappa shape index (κ1) is 20.2. The van der Waals surface area contributed by atoms with Crippen LogP contribution in [0.25, 0.3) is 0 Å². The van der Waals surface area contributed by atoms with Gasteiger partial charge in [-0.25, -0.2) is 4.39 Å². The highest BCUT2D eigenvalue weighted by atomic mass is 19.1. The van der Waals surface area contributed by atoms with Crippen molar-refractivity contribution >= 4 is 11.8 Å². The molecule has 2 aliphatic heterocycles. The predicted octanol–water partition coefficient (Wildman–Crippen LogP) is 4.44. The number of hydrogen-bond acceptors (Lipinski definition) is 3. The smallest absolute Gasteiger partial charge is 0.256 e. The fourth-order valence-electron chi connectivity index (χ4n) is 4.50. The van der Waals surface area contributed by atoms with Crippen molar-refractivity contribution in [1.29, 1.82) is 0 Å². The van der Waals surface area contributed by atoms with E-state index in [1.807, 2.05) is 53.4 Å². The van der Waals surface area contributed by atoms with E-state index in [9.17, 15) is 14.0 Å². The van der Waals surface area contributed by atoms with Crippen molar-refractivity contribution in [2.45, 2.75) is 12.3 Å². The number of carbonyl (C=O) groups is 2. The zero-order chi connectivity index (χ0) is 22.1. The topological polar surface area (TPSA) is 49.9 Å². The predicted molar refractivity (Wildman–Crippen MR) is 118 cm³/mol. The average molecular weight is 430 g/mol. The van der Waals surface area contributed by atoms with Crippen molar-refractivity contribution in [3.63, 3.8) is 0 Å². The molecule has 0 atom stereocenters. The van der Waals surface area contributed by atoms with Crippen LogP contribution in [0.4, 0.5) is 4.39 Å². The number of halogens is 1. The first-order valence-electron chi connectivity index (χ1n) is 10.8. The Bertz CT molecular complexity index is 1130. The molecule has 3 aromatic rings. The maximum Gasteiger partial charge on any atom is 0.256 e. The Balaban J connectivity index is 1.38. The molecule has 2 heterocycles. The van der Waals surface area contributed by atoms with Gasteiger partial charge in [0.2, 0.25) is 5.91 Å². The van der Waals surface area contributed by atoms with Crippen LogP contribution in [0.15, 0.2) is 72.8 Å². The van der Waals surface area contributed by atoms with Gasteiger partial charge in [-0.2, -0.15) is 0 Å². The molecule has 32 heavy (non-hydrogen) atoms. The third-order valence-corrected chi connectivity index (χ3v) is 6.13. The monoisotopic (exact) mass is 430 g/mol. The average Bonchev–Trinajstić information content (AvgIpc) is 3.08. The standard InChI is InChI=1S/C26H23FN2O3/c27-21-11-4-1-8-18(21)25(30)28-14-7-15-29(17-16-28)26(31)24-19-9-2-5-12-22(19)32-23-13-6-3-10-20(23)24/h1-6,8-13,24H,7,14-17H2. The Labute approximate surface area is 186 Å². The Morgan fingerprint density at radius 1 is 0.750 bits per heavy atom. The van der Waals surface area contributed by atoms with Gasteiger partial charge in [-0.3, -0.25) is 9.59 Å². The molecule has 0 N–H and O–H groups in total. The van der Waals surface area contributed by atoms with Gasteiger partial charge in [0, 0.05) is 37.3 Å². The molecular formula is C26H23FN2O3. The second kappa shape index (κ2) is 8.46. The van der Waals surface area contributed by atoms with E-state index in [1.54, 1.807) is 17.0 Å². The lowest BCUT2D eigenvalue weighted by Crippen LogP contribution is -2.40. The number of carbonyl (C=O) groups excluding carboxylic acids is 2. The molecule has 0 saturated carbocycles. The van der Waals surface area contributed by atoms with Crippen molar-refractivity contribution in [2.24, 2.45) is 0 Å². The third-order valence-electron chi connectivity index (χ3n) is 6.13. The highest BCUT2D eigenvalue weighted by Crippen LogP contribution is 2.44. The van der Waals surface area contributed by atoms with Crippen LogP contribution in [0.3, 0.4) is 0 Å². The van der Waals surface area contributed by atoms with E-state index in [4.69, 9.17) is 4.74 Å². The summed E-state index contributed by atoms with van der Waals surface area (Å²) < 4.78 is 20.1. The van der Waals surface area contributed by atoms with Crippen molar-refractivity contribution in [3.05, 3.63) is 95.3 Å². The lowest BCUT2D eigenvalue weighted by molar-refractivity contribution is -0.131. The Kier molecular flexibility index (Phi) is 5.35. The number of nitrogens with zero attached hydrogens (tertiary/aromatic N) is 2. The second-order valence-corrected chi connectivity index (χ2v) is 8.06. The fourth-order valence-corrected chi connectivity index (χ4v) is 4.50. The summed E-state index contributed by atoms with van der Waals surface area (Å²) in [4.78, 5) is 30.0. The van der Waals surface area contributed by atoms with Crippen molar-refractivity contribution in [1.82, 2.24) is 9.80 Å². The first-order chi connectivity index (χ1) is 15.6. The van der Waals surface area contributed by atoms with Crippen LogP contribution in [-0.2, 0) is 4.79 Å². The van der Waals surface area contributed by atoms with Crippen molar-refractivity contribution in [3.8, 4) is 11.5 Å². The molecule has 0 unspecified atom stereocenters. The number of para-hydroxylation sites is 2. The molecule has 5 rings (SSSR count). The minimum absolute atomic E-state index is 0.00612. The Hall–Kier alpha value is -3.67. The number of hydrogen-bond donors (Lipinski definition) is 0. The largest absolute Gasteiger partial charge is 0.457 e. The summed E-state index contributed by atoms with van der Waals surface area (Å²) in [5, 5.41) is 0. The third kappa shape index (κ3) is 3.62. The van der Waals surface area contributed by atoms with Crippen LogP contribution >= 0.6 is 0 Å². The minimum atomic E-state index is -0.523. The van der Waals surface area contributed by atoms with Gasteiger partial charge in [0.15, 0.2) is 0 Å². The summed E-state index contributed by atoms with van der Waals surface area (Å²) in [6.45, 7) is 1.80. The van der Waals surface area contributed by atoms with E-state index in [0.29, 0.717) is 44.1 Å². The summed E-state index contributed by atoms with van der Waals surface area (Å²) in [6, 6.07) is 21.2. The molecule has 162 valence electrons. The molecule has 0 aromatic heterocycles. The summed E-state index contributed by atoms with van der Waals surface area (Å²) in [5.74, 6) is 0.0640. The first-order valence-corrected chi connectivity index (χ1v) is 10.8. The summed E-state index contributed by atoms with van der Waals surface area (Å²) in [5.41, 5.74) is 1.76. The normalized spacial score (nSPS) is 15.9. The van der Waals surface area contributed by atoms with E-state index >= 15 is 0 Å². The molecule has 0 aliphatic carbocycles. The van der Waals surface area contributed by atoms with Crippen LogP contribution < -0.4 is 4.74 Å². The Morgan fingerprint density at radius 2 is 1.31 bits per heavy atom. The molecular weight excluding hydrogens is 407 g/mol. The van der Waals surface area contributed by atoms with Crippen LogP contribution in [0, 0.1) is 5.82 Å². The Morgan fingerprint density at radius 3 is 2.00 bits per heavy atom. The van der Waals surface area contributed by atoms with E-state index in [-0.39, 0.29) is 17.4 Å². The zero-order valence-electron chi connectivity index (χ0n) is 17.5.